The molecule has 0 amide bonds. The van der Waals surface area contributed by atoms with Gasteiger partial charge in [-0.25, -0.2) is 14.3 Å². The minimum atomic E-state index is -1.00. The van der Waals surface area contributed by atoms with Gasteiger partial charge in [-0.3, -0.25) is 4.40 Å². The first-order chi connectivity index (χ1) is 14.1. The molecule has 4 aromatic rings. The lowest BCUT2D eigenvalue weighted by molar-refractivity contribution is -0.108. The van der Waals surface area contributed by atoms with Crippen molar-refractivity contribution in [1.29, 1.82) is 0 Å². The average Bonchev–Trinajstić information content (AvgIpc) is 3.37. The molecule has 0 spiro atoms. The van der Waals surface area contributed by atoms with Crippen LogP contribution in [0.15, 0.2) is 46.8 Å². The van der Waals surface area contributed by atoms with Crippen LogP contribution in [0.2, 0.25) is 0 Å². The third-order valence-electron chi connectivity index (χ3n) is 4.18. The highest BCUT2D eigenvalue weighted by atomic mass is 32.2. The summed E-state index contributed by atoms with van der Waals surface area (Å²) in [6.45, 7) is 0. The summed E-state index contributed by atoms with van der Waals surface area (Å²) in [4.78, 5) is 25.0. The monoisotopic (exact) mass is 411 g/mol. The molecule has 10 nitrogen and oxygen atoms in total. The van der Waals surface area contributed by atoms with E-state index in [9.17, 15) is 9.59 Å². The number of carboxylic acids is 1. The number of nitrogens with zero attached hydrogens (tertiary/aromatic N) is 6. The van der Waals surface area contributed by atoms with Crippen molar-refractivity contribution in [3.8, 4) is 0 Å². The summed E-state index contributed by atoms with van der Waals surface area (Å²) in [7, 11) is 1.79. The number of imidazole rings is 1. The highest BCUT2D eigenvalue weighted by Gasteiger charge is 2.19. The fourth-order valence-electron chi connectivity index (χ4n) is 2.43. The summed E-state index contributed by atoms with van der Waals surface area (Å²) < 4.78 is 3.30. The van der Waals surface area contributed by atoms with Gasteiger partial charge in [-0.1, -0.05) is 0 Å². The van der Waals surface area contributed by atoms with Crippen LogP contribution < -0.4 is 5.32 Å². The molecule has 0 aromatic carbocycles. The first-order valence-corrected chi connectivity index (χ1v) is 9.64. The first kappa shape index (κ1) is 18.9. The number of aromatic carboxylic acids is 1. The Kier molecular flexibility index (Phi) is 5.12. The van der Waals surface area contributed by atoms with Crippen LogP contribution in [0.1, 0.15) is 23.2 Å². The molecular formula is C18H17N7O3S. The van der Waals surface area contributed by atoms with Crippen LogP contribution in [0.3, 0.4) is 0 Å². The van der Waals surface area contributed by atoms with E-state index < -0.39 is 5.97 Å². The van der Waals surface area contributed by atoms with E-state index in [2.05, 4.69) is 25.6 Å². The number of hydrogen-bond donors (Lipinski definition) is 2. The molecule has 1 saturated carbocycles. The van der Waals surface area contributed by atoms with E-state index in [0.29, 0.717) is 21.7 Å². The van der Waals surface area contributed by atoms with Crippen LogP contribution in [0.4, 0.5) is 5.82 Å². The Balaban J connectivity index is 0.000000359. The zero-order valence-corrected chi connectivity index (χ0v) is 16.2. The van der Waals surface area contributed by atoms with Crippen molar-refractivity contribution in [2.75, 3.05) is 12.4 Å². The van der Waals surface area contributed by atoms with Crippen LogP contribution >= 0.6 is 11.8 Å². The Morgan fingerprint density at radius 2 is 2.00 bits per heavy atom. The molecule has 11 heteroatoms. The molecule has 4 heterocycles. The number of carbonyl (C=O) groups is 2. The van der Waals surface area contributed by atoms with Crippen LogP contribution in [0.25, 0.3) is 11.3 Å². The normalized spacial score (nSPS) is 13.1. The lowest BCUT2D eigenvalue weighted by Crippen LogP contribution is -1.99. The standard InChI is InChI=1S/C14H11N7O2S.C4H6O/c1-15-9-7-21-10(16-9)4-5-12(19-21)24-14-18-17-11-3-2-8(13(22)23)6-20(11)14;5-3-4-1-2-4/h2-7,15H,1H3,(H,22,23);3-4H,1-2H2. The second kappa shape index (κ2) is 7.87. The third kappa shape index (κ3) is 4.19. The molecule has 0 unspecified atom stereocenters. The van der Waals surface area contributed by atoms with Gasteiger partial charge < -0.3 is 15.2 Å². The zero-order valence-electron chi connectivity index (χ0n) is 15.4. The van der Waals surface area contributed by atoms with Gasteiger partial charge in [-0.15, -0.1) is 10.2 Å². The number of carbonyl (C=O) groups excluding carboxylic acids is 1. The highest BCUT2D eigenvalue weighted by molar-refractivity contribution is 7.99. The molecule has 0 saturated heterocycles. The predicted octanol–water partition coefficient (Wildman–Crippen LogP) is 2.26. The number of fused-ring (bicyclic) bond motifs is 2. The van der Waals surface area contributed by atoms with Gasteiger partial charge in [0.25, 0.3) is 0 Å². The summed E-state index contributed by atoms with van der Waals surface area (Å²) in [6, 6.07) is 6.79. The SMILES string of the molecule is CNc1cn2nc(Sc3nnc4ccc(C(=O)O)cn34)ccc2n1.O=CC1CC1. The van der Waals surface area contributed by atoms with Crippen LogP contribution in [-0.2, 0) is 4.79 Å². The molecule has 29 heavy (non-hydrogen) atoms. The fourth-order valence-corrected chi connectivity index (χ4v) is 3.21. The lowest BCUT2D eigenvalue weighted by atomic mass is 10.3. The van der Waals surface area contributed by atoms with E-state index in [0.717, 1.165) is 30.6 Å². The fraction of sp³-hybridized carbons (Fsp3) is 0.222. The first-order valence-electron chi connectivity index (χ1n) is 8.83. The van der Waals surface area contributed by atoms with Gasteiger partial charge in [0.1, 0.15) is 17.1 Å². The molecule has 0 aliphatic heterocycles. The van der Waals surface area contributed by atoms with Crippen molar-refractivity contribution in [2.45, 2.75) is 23.0 Å². The largest absolute Gasteiger partial charge is 0.478 e. The molecule has 1 fully saturated rings. The smallest absolute Gasteiger partial charge is 0.337 e. The maximum Gasteiger partial charge on any atom is 0.337 e. The van der Waals surface area contributed by atoms with Crippen LogP contribution in [0, 0.1) is 5.92 Å². The van der Waals surface area contributed by atoms with Crippen molar-refractivity contribution in [2.24, 2.45) is 5.92 Å². The van der Waals surface area contributed by atoms with E-state index >= 15 is 0 Å². The zero-order chi connectivity index (χ0) is 20.4. The number of anilines is 1. The number of carboxylic acid groups (broad SMARTS) is 1. The molecule has 0 atom stereocenters. The Labute approximate surface area is 169 Å². The minimum Gasteiger partial charge on any atom is -0.478 e. The van der Waals surface area contributed by atoms with E-state index in [1.165, 1.54) is 24.0 Å². The summed E-state index contributed by atoms with van der Waals surface area (Å²) in [5.41, 5.74) is 1.47. The van der Waals surface area contributed by atoms with Gasteiger partial charge in [0.05, 0.1) is 11.8 Å². The van der Waals surface area contributed by atoms with Crippen LogP contribution in [-0.4, -0.2) is 53.6 Å². The van der Waals surface area contributed by atoms with E-state index in [1.807, 2.05) is 12.1 Å². The van der Waals surface area contributed by atoms with Gasteiger partial charge in [0, 0.05) is 19.2 Å². The number of nitrogens with one attached hydrogen (secondary N) is 1. The Morgan fingerprint density at radius 3 is 2.66 bits per heavy atom. The molecular weight excluding hydrogens is 394 g/mol. The predicted molar refractivity (Wildman–Crippen MR) is 105 cm³/mol. The maximum atomic E-state index is 11.1. The highest BCUT2D eigenvalue weighted by Crippen LogP contribution is 2.26. The average molecular weight is 411 g/mol. The topological polar surface area (TPSA) is 127 Å². The number of aldehydes is 1. The number of hydrogen-bond acceptors (Lipinski definition) is 8. The van der Waals surface area contributed by atoms with E-state index in [4.69, 9.17) is 5.11 Å². The minimum absolute atomic E-state index is 0.167. The van der Waals surface area contributed by atoms with E-state index in [-0.39, 0.29) is 5.56 Å². The van der Waals surface area contributed by atoms with Crippen molar-refractivity contribution in [1.82, 2.24) is 29.2 Å². The second-order valence-electron chi connectivity index (χ2n) is 6.36. The summed E-state index contributed by atoms with van der Waals surface area (Å²) in [6.07, 6.45) is 6.59. The number of rotatable bonds is 5. The number of aromatic nitrogens is 6. The van der Waals surface area contributed by atoms with Crippen molar-refractivity contribution >= 4 is 41.1 Å². The molecule has 4 aromatic heterocycles. The van der Waals surface area contributed by atoms with Crippen molar-refractivity contribution in [3.05, 3.63) is 42.2 Å². The van der Waals surface area contributed by atoms with Gasteiger partial charge in [-0.05, 0) is 48.9 Å². The maximum absolute atomic E-state index is 11.1. The van der Waals surface area contributed by atoms with Crippen molar-refractivity contribution in [3.63, 3.8) is 0 Å². The van der Waals surface area contributed by atoms with Crippen molar-refractivity contribution < 1.29 is 14.7 Å². The molecule has 1 aliphatic rings. The Morgan fingerprint density at radius 1 is 1.21 bits per heavy atom. The quantitative estimate of drug-likeness (QED) is 0.475. The summed E-state index contributed by atoms with van der Waals surface area (Å²) in [5.74, 6) is 0.179. The molecule has 1 aliphatic carbocycles. The van der Waals surface area contributed by atoms with Crippen LogP contribution in [0.5, 0.6) is 0 Å². The molecule has 5 rings (SSSR count). The van der Waals surface area contributed by atoms with E-state index in [1.54, 1.807) is 28.2 Å². The second-order valence-corrected chi connectivity index (χ2v) is 7.35. The van der Waals surface area contributed by atoms with Gasteiger partial charge in [0.15, 0.2) is 11.3 Å². The molecule has 0 radical (unpaired) electrons. The molecule has 2 N–H and O–H groups in total. The summed E-state index contributed by atoms with van der Waals surface area (Å²) in [5, 5.41) is 25.9. The van der Waals surface area contributed by atoms with Gasteiger partial charge in [0.2, 0.25) is 5.16 Å². The Bertz CT molecular complexity index is 1200. The van der Waals surface area contributed by atoms with Gasteiger partial charge >= 0.3 is 5.97 Å². The Hall–Kier alpha value is -3.47. The lowest BCUT2D eigenvalue weighted by Gasteiger charge is -2.01. The third-order valence-corrected chi connectivity index (χ3v) is 5.07. The van der Waals surface area contributed by atoms with Gasteiger partial charge in [-0.2, -0.15) is 5.10 Å². The summed E-state index contributed by atoms with van der Waals surface area (Å²) >= 11 is 1.29. The number of pyridine rings is 1. The molecule has 0 bridgehead atoms. The molecule has 148 valence electrons.